The molecule has 0 radical (unpaired) electrons. The van der Waals surface area contributed by atoms with E-state index in [9.17, 15) is 17.6 Å². The molecule has 0 aliphatic heterocycles. The molecule has 0 spiro atoms. The number of nitrogens with zero attached hydrogens (tertiary/aromatic N) is 5. The summed E-state index contributed by atoms with van der Waals surface area (Å²) in [6.07, 6.45) is 6.78. The number of hydrogen-bond acceptors (Lipinski definition) is 9. The van der Waals surface area contributed by atoms with E-state index in [0.29, 0.717) is 29.8 Å². The van der Waals surface area contributed by atoms with Crippen molar-refractivity contribution in [3.8, 4) is 11.3 Å². The lowest BCUT2D eigenvalue weighted by Gasteiger charge is -2.29. The number of sulfonamides is 1. The number of hydrogen-bond donors (Lipinski definition) is 4. The summed E-state index contributed by atoms with van der Waals surface area (Å²) in [5, 5.41) is 15.8. The largest absolute Gasteiger partial charge is 0.351 e. The molecule has 1 amide bonds. The summed E-state index contributed by atoms with van der Waals surface area (Å²) >= 11 is 0. The molecular formula is C35H40FN9O3S. The van der Waals surface area contributed by atoms with Crippen molar-refractivity contribution in [1.82, 2.24) is 29.3 Å². The predicted octanol–water partition coefficient (Wildman–Crippen LogP) is 6.02. The van der Waals surface area contributed by atoms with E-state index < -0.39 is 21.8 Å². The van der Waals surface area contributed by atoms with Gasteiger partial charge in [0.25, 0.3) is 5.91 Å². The fourth-order valence-corrected chi connectivity index (χ4v) is 7.40. The summed E-state index contributed by atoms with van der Waals surface area (Å²) in [4.78, 5) is 26.3. The van der Waals surface area contributed by atoms with Crippen LogP contribution in [-0.2, 0) is 21.4 Å². The van der Waals surface area contributed by atoms with Crippen LogP contribution in [0.25, 0.3) is 27.7 Å². The Balaban J connectivity index is 1.25. The maximum atomic E-state index is 13.3. The van der Waals surface area contributed by atoms with Crippen molar-refractivity contribution in [3.05, 3.63) is 84.5 Å². The van der Waals surface area contributed by atoms with Gasteiger partial charge < -0.3 is 16.0 Å². The van der Waals surface area contributed by atoms with Crippen molar-refractivity contribution in [1.29, 1.82) is 0 Å². The zero-order valence-electron chi connectivity index (χ0n) is 27.7. The molecule has 5 aromatic rings. The molecule has 2 aromatic carbocycles. The highest BCUT2D eigenvalue weighted by molar-refractivity contribution is 7.89. The number of pyridine rings is 1. The third-order valence-corrected chi connectivity index (χ3v) is 10.5. The van der Waals surface area contributed by atoms with Crippen LogP contribution in [0.3, 0.4) is 0 Å². The molecule has 0 saturated heterocycles. The molecule has 0 bridgehead atoms. The summed E-state index contributed by atoms with van der Waals surface area (Å²) in [7, 11) is -1.79. The molecule has 6 rings (SSSR count). The lowest BCUT2D eigenvalue weighted by atomic mass is 9.87. The maximum absolute atomic E-state index is 13.3. The normalized spacial score (nSPS) is 16.6. The van der Waals surface area contributed by atoms with Gasteiger partial charge in [-0.05, 0) is 73.7 Å². The van der Waals surface area contributed by atoms with Crippen LogP contribution >= 0.6 is 0 Å². The average molecular weight is 686 g/mol. The monoisotopic (exact) mass is 685 g/mol. The molecule has 3 heterocycles. The standard InChI is InChI=1S/C35H40FN9O3S/c1-21(2)30-19-40-45-32(30)43-34(42-26-11-9-23(10-12-26)20-49(47,48)37-4)44-35(45)39-18-25-7-5-6-8-28(25)31-29-14-13-27(41-33(46)22(3)36)17-24(29)15-16-38-31/h5-8,13-17,19,21,23,26,37H,3,9-12,18,20H2,1-2,4H3,(H,41,46)(H2,39,42,43,44)/t23-,26-. The number of fused-ring (bicyclic) bond motifs is 2. The molecule has 1 aliphatic rings. The van der Waals surface area contributed by atoms with E-state index in [4.69, 9.17) is 15.0 Å². The van der Waals surface area contributed by atoms with E-state index in [1.54, 1.807) is 22.8 Å². The van der Waals surface area contributed by atoms with E-state index in [1.807, 2.05) is 42.6 Å². The Morgan fingerprint density at radius 2 is 1.86 bits per heavy atom. The zero-order valence-corrected chi connectivity index (χ0v) is 28.5. The number of rotatable bonds is 12. The summed E-state index contributed by atoms with van der Waals surface area (Å²) < 4.78 is 41.5. The van der Waals surface area contributed by atoms with Crippen molar-refractivity contribution < 1.29 is 17.6 Å². The van der Waals surface area contributed by atoms with Crippen LogP contribution in [0.15, 0.2) is 73.3 Å². The number of anilines is 3. The van der Waals surface area contributed by atoms with Crippen molar-refractivity contribution >= 4 is 49.9 Å². The Labute approximate surface area is 284 Å². The molecule has 1 aliphatic carbocycles. The first-order valence-electron chi connectivity index (χ1n) is 16.3. The molecule has 49 heavy (non-hydrogen) atoms. The minimum absolute atomic E-state index is 0.122. The number of benzene rings is 2. The van der Waals surface area contributed by atoms with Crippen molar-refractivity contribution in [2.24, 2.45) is 5.92 Å². The van der Waals surface area contributed by atoms with E-state index >= 15 is 0 Å². The van der Waals surface area contributed by atoms with Crippen molar-refractivity contribution in [3.63, 3.8) is 0 Å². The summed E-state index contributed by atoms with van der Waals surface area (Å²) in [5.41, 5.74) is 4.82. The lowest BCUT2D eigenvalue weighted by Crippen LogP contribution is -2.32. The first kappa shape index (κ1) is 33.9. The van der Waals surface area contributed by atoms with Gasteiger partial charge in [-0.2, -0.15) is 19.6 Å². The Hall–Kier alpha value is -4.95. The Morgan fingerprint density at radius 1 is 1.08 bits per heavy atom. The third-order valence-electron chi connectivity index (χ3n) is 8.94. The topological polar surface area (TPSA) is 155 Å². The van der Waals surface area contributed by atoms with Gasteiger partial charge in [0, 0.05) is 41.0 Å². The van der Waals surface area contributed by atoms with Crippen LogP contribution in [0.2, 0.25) is 0 Å². The molecule has 256 valence electrons. The third kappa shape index (κ3) is 7.70. The van der Waals surface area contributed by atoms with Crippen LogP contribution in [0, 0.1) is 5.92 Å². The van der Waals surface area contributed by atoms with E-state index in [1.165, 1.54) is 7.05 Å². The van der Waals surface area contributed by atoms with Crippen molar-refractivity contribution in [2.75, 3.05) is 28.8 Å². The maximum Gasteiger partial charge on any atom is 0.283 e. The van der Waals surface area contributed by atoms with E-state index in [-0.39, 0.29) is 23.6 Å². The highest BCUT2D eigenvalue weighted by Gasteiger charge is 2.26. The Kier molecular flexibility index (Phi) is 9.88. The average Bonchev–Trinajstić information content (AvgIpc) is 3.52. The molecule has 12 nitrogen and oxygen atoms in total. The number of amides is 1. The Bertz CT molecular complexity index is 2130. The minimum Gasteiger partial charge on any atom is -0.351 e. The minimum atomic E-state index is -3.25. The van der Waals surface area contributed by atoms with Gasteiger partial charge in [0.1, 0.15) is 0 Å². The number of carbonyl (C=O) groups excluding carboxylic acids is 1. The quantitative estimate of drug-likeness (QED) is 0.116. The fraction of sp³-hybridized carbons (Fsp3) is 0.343. The lowest BCUT2D eigenvalue weighted by molar-refractivity contribution is -0.114. The SMILES string of the molecule is C=C(F)C(=O)Nc1ccc2c(-c3ccccc3CNc3nc(N[C@H]4CC[C@H](CS(=O)(=O)NC)CC4)nc4c(C(C)C)cnn34)nccc2c1. The smallest absolute Gasteiger partial charge is 0.283 e. The zero-order chi connectivity index (χ0) is 34.7. The summed E-state index contributed by atoms with van der Waals surface area (Å²) in [5.74, 6) is -0.453. The predicted molar refractivity (Wildman–Crippen MR) is 190 cm³/mol. The summed E-state index contributed by atoms with van der Waals surface area (Å²) in [6.45, 7) is 7.67. The Morgan fingerprint density at radius 3 is 2.59 bits per heavy atom. The molecule has 0 unspecified atom stereocenters. The van der Waals surface area contributed by atoms with Gasteiger partial charge >= 0.3 is 0 Å². The van der Waals surface area contributed by atoms with Crippen LogP contribution in [0.1, 0.15) is 56.6 Å². The first-order chi connectivity index (χ1) is 23.5. The molecule has 14 heteroatoms. The molecule has 1 saturated carbocycles. The van der Waals surface area contributed by atoms with Gasteiger partial charge in [-0.25, -0.2) is 17.5 Å². The first-order valence-corrected chi connectivity index (χ1v) is 18.0. The van der Waals surface area contributed by atoms with Gasteiger partial charge in [-0.3, -0.25) is 9.78 Å². The van der Waals surface area contributed by atoms with Crippen LogP contribution in [0.5, 0.6) is 0 Å². The highest BCUT2D eigenvalue weighted by atomic mass is 32.2. The number of halogens is 1. The van der Waals surface area contributed by atoms with Gasteiger partial charge in [-0.1, -0.05) is 50.8 Å². The van der Waals surface area contributed by atoms with Gasteiger partial charge in [0.05, 0.1) is 17.6 Å². The molecule has 4 N–H and O–H groups in total. The van der Waals surface area contributed by atoms with E-state index in [0.717, 1.165) is 58.8 Å². The number of aromatic nitrogens is 5. The molecule has 3 aromatic heterocycles. The molecular weight excluding hydrogens is 646 g/mol. The highest BCUT2D eigenvalue weighted by Crippen LogP contribution is 2.32. The van der Waals surface area contributed by atoms with Crippen LogP contribution < -0.4 is 20.7 Å². The second-order valence-electron chi connectivity index (χ2n) is 12.7. The second kappa shape index (κ2) is 14.3. The van der Waals surface area contributed by atoms with Gasteiger partial charge in [0.2, 0.25) is 21.9 Å². The molecule has 0 atom stereocenters. The summed E-state index contributed by atoms with van der Waals surface area (Å²) in [6, 6.07) is 15.3. The number of nitrogens with one attached hydrogen (secondary N) is 4. The van der Waals surface area contributed by atoms with Crippen molar-refractivity contribution in [2.45, 2.75) is 58.0 Å². The van der Waals surface area contributed by atoms with Crippen LogP contribution in [-0.4, -0.2) is 57.7 Å². The van der Waals surface area contributed by atoms with E-state index in [2.05, 4.69) is 46.2 Å². The second-order valence-corrected chi connectivity index (χ2v) is 14.6. The number of carbonyl (C=O) groups is 1. The van der Waals surface area contributed by atoms with Gasteiger partial charge in [-0.15, -0.1) is 0 Å². The fourth-order valence-electron chi connectivity index (χ4n) is 6.28. The van der Waals surface area contributed by atoms with Crippen LogP contribution in [0.4, 0.5) is 22.0 Å². The molecule has 1 fully saturated rings. The van der Waals surface area contributed by atoms with Gasteiger partial charge in [0.15, 0.2) is 11.5 Å².